The zero-order valence-electron chi connectivity index (χ0n) is 10.5. The number of hydrogen-bond donors (Lipinski definition) is 1. The van der Waals surface area contributed by atoms with Crippen LogP contribution in [0.15, 0.2) is 28.2 Å². The number of hydrogen-bond acceptors (Lipinski definition) is 4. The summed E-state index contributed by atoms with van der Waals surface area (Å²) in [7, 11) is 3.68. The van der Waals surface area contributed by atoms with Gasteiger partial charge in [0.1, 0.15) is 5.83 Å². The van der Waals surface area contributed by atoms with Gasteiger partial charge < -0.3 is 10.1 Å². The summed E-state index contributed by atoms with van der Waals surface area (Å²) in [6.45, 7) is 2.62. The van der Waals surface area contributed by atoms with E-state index in [2.05, 4.69) is 10.4 Å². The second kappa shape index (κ2) is 4.87. The Morgan fingerprint density at radius 1 is 1.59 bits per heavy atom. The molecule has 0 aromatic heterocycles. The predicted octanol–water partition coefficient (Wildman–Crippen LogP) is 1.77. The van der Waals surface area contributed by atoms with Crippen LogP contribution in [-0.2, 0) is 4.74 Å². The highest BCUT2D eigenvalue weighted by Gasteiger charge is 2.27. The van der Waals surface area contributed by atoms with Crippen molar-refractivity contribution in [3.63, 3.8) is 0 Å². The average Bonchev–Trinajstić information content (AvgIpc) is 2.59. The summed E-state index contributed by atoms with van der Waals surface area (Å²) >= 11 is 0. The lowest BCUT2D eigenvalue weighted by Crippen LogP contribution is -2.20. The van der Waals surface area contributed by atoms with Gasteiger partial charge in [0.25, 0.3) is 0 Å². The standard InChI is InChI=1S/C12H18FN3O/c1-8-16(3)15-12(17-8)10-5-4-9(7-14-2)6-11(10)13/h6,8,14H,4-5,7H2,1-3H3/t8-/m0/s1. The lowest BCUT2D eigenvalue weighted by molar-refractivity contribution is 0.0956. The normalized spacial score (nSPS) is 24.7. The van der Waals surface area contributed by atoms with Crippen molar-refractivity contribution in [1.82, 2.24) is 10.3 Å². The van der Waals surface area contributed by atoms with Crippen LogP contribution in [0.2, 0.25) is 0 Å². The van der Waals surface area contributed by atoms with E-state index in [1.807, 2.05) is 21.0 Å². The molecular formula is C12H18FN3O. The molecule has 0 fully saturated rings. The van der Waals surface area contributed by atoms with Gasteiger partial charge in [-0.05, 0) is 32.9 Å². The fourth-order valence-electron chi connectivity index (χ4n) is 1.94. The molecule has 1 aliphatic heterocycles. The molecule has 0 aromatic carbocycles. The van der Waals surface area contributed by atoms with Crippen molar-refractivity contribution in [2.75, 3.05) is 20.6 Å². The minimum atomic E-state index is -0.220. The minimum Gasteiger partial charge on any atom is -0.451 e. The molecule has 94 valence electrons. The van der Waals surface area contributed by atoms with Crippen molar-refractivity contribution in [3.8, 4) is 0 Å². The SMILES string of the molecule is CNCC1=CC(F)=C(C2=NN(C)[C@H](C)O2)CC1. The van der Waals surface area contributed by atoms with Crippen molar-refractivity contribution >= 4 is 5.90 Å². The molecule has 0 spiro atoms. The largest absolute Gasteiger partial charge is 0.451 e. The highest BCUT2D eigenvalue weighted by atomic mass is 19.1. The van der Waals surface area contributed by atoms with Gasteiger partial charge >= 0.3 is 0 Å². The van der Waals surface area contributed by atoms with Crippen LogP contribution in [0.1, 0.15) is 19.8 Å². The summed E-state index contributed by atoms with van der Waals surface area (Å²) in [6.07, 6.45) is 2.97. The highest BCUT2D eigenvalue weighted by Crippen LogP contribution is 2.28. The van der Waals surface area contributed by atoms with E-state index in [4.69, 9.17) is 4.74 Å². The highest BCUT2D eigenvalue weighted by molar-refractivity contribution is 5.95. The summed E-state index contributed by atoms with van der Waals surface area (Å²) in [5, 5.41) is 8.93. The predicted molar refractivity (Wildman–Crippen MR) is 65.1 cm³/mol. The van der Waals surface area contributed by atoms with E-state index < -0.39 is 0 Å². The number of hydrazone groups is 1. The Bertz CT molecular complexity index is 401. The summed E-state index contributed by atoms with van der Waals surface area (Å²) in [6, 6.07) is 0. The van der Waals surface area contributed by atoms with E-state index in [1.54, 1.807) is 11.1 Å². The first kappa shape index (κ1) is 12.1. The molecular weight excluding hydrogens is 221 g/mol. The fourth-order valence-corrected chi connectivity index (χ4v) is 1.94. The smallest absolute Gasteiger partial charge is 0.239 e. The molecule has 4 nitrogen and oxygen atoms in total. The van der Waals surface area contributed by atoms with Gasteiger partial charge in [-0.3, -0.25) is 5.01 Å². The van der Waals surface area contributed by atoms with Gasteiger partial charge in [0.05, 0.1) is 5.57 Å². The summed E-state index contributed by atoms with van der Waals surface area (Å²) in [5.41, 5.74) is 1.66. The molecule has 0 bridgehead atoms. The Hall–Kier alpha value is -1.36. The van der Waals surface area contributed by atoms with Crippen LogP contribution >= 0.6 is 0 Å². The number of rotatable bonds is 3. The Morgan fingerprint density at radius 3 is 2.88 bits per heavy atom. The van der Waals surface area contributed by atoms with Gasteiger partial charge in [0.2, 0.25) is 5.90 Å². The molecule has 0 saturated heterocycles. The molecule has 1 aliphatic carbocycles. The first-order chi connectivity index (χ1) is 8.11. The molecule has 0 radical (unpaired) electrons. The first-order valence-electron chi connectivity index (χ1n) is 5.83. The van der Waals surface area contributed by atoms with Crippen LogP contribution in [0.4, 0.5) is 4.39 Å². The van der Waals surface area contributed by atoms with Gasteiger partial charge in [-0.15, -0.1) is 5.10 Å². The average molecular weight is 239 g/mol. The molecule has 17 heavy (non-hydrogen) atoms. The van der Waals surface area contributed by atoms with Crippen molar-refractivity contribution in [3.05, 3.63) is 23.0 Å². The molecule has 1 N–H and O–H groups in total. The Morgan fingerprint density at radius 2 is 2.35 bits per heavy atom. The maximum Gasteiger partial charge on any atom is 0.239 e. The maximum absolute atomic E-state index is 13.9. The zero-order chi connectivity index (χ0) is 12.4. The lowest BCUT2D eigenvalue weighted by Gasteiger charge is -2.16. The Kier molecular flexibility index (Phi) is 3.47. The van der Waals surface area contributed by atoms with Crippen molar-refractivity contribution < 1.29 is 9.13 Å². The first-order valence-corrected chi connectivity index (χ1v) is 5.83. The molecule has 1 atom stereocenters. The summed E-state index contributed by atoms with van der Waals surface area (Å²) in [4.78, 5) is 0. The molecule has 0 amide bonds. The minimum absolute atomic E-state index is 0.118. The van der Waals surface area contributed by atoms with Crippen LogP contribution in [0.5, 0.6) is 0 Å². The molecule has 2 aliphatic rings. The Balaban J connectivity index is 2.17. The monoisotopic (exact) mass is 239 g/mol. The van der Waals surface area contributed by atoms with E-state index in [9.17, 15) is 4.39 Å². The van der Waals surface area contributed by atoms with Crippen LogP contribution in [-0.4, -0.2) is 37.8 Å². The zero-order valence-corrected chi connectivity index (χ0v) is 10.5. The molecule has 0 saturated carbocycles. The number of allylic oxidation sites excluding steroid dienone is 2. The van der Waals surface area contributed by atoms with E-state index in [0.29, 0.717) is 17.9 Å². The molecule has 0 aromatic rings. The van der Waals surface area contributed by atoms with Gasteiger partial charge in [-0.1, -0.05) is 5.57 Å². The molecule has 1 heterocycles. The number of likely N-dealkylation sites (N-methyl/N-ethyl adjacent to an activating group) is 1. The van der Waals surface area contributed by atoms with Crippen molar-refractivity contribution in [1.29, 1.82) is 0 Å². The third-order valence-corrected chi connectivity index (χ3v) is 3.03. The summed E-state index contributed by atoms with van der Waals surface area (Å²) < 4.78 is 19.4. The van der Waals surface area contributed by atoms with Gasteiger partial charge in [-0.2, -0.15) is 0 Å². The van der Waals surface area contributed by atoms with Gasteiger partial charge in [-0.25, -0.2) is 4.39 Å². The van der Waals surface area contributed by atoms with Crippen molar-refractivity contribution in [2.45, 2.75) is 26.0 Å². The number of nitrogens with zero attached hydrogens (tertiary/aromatic N) is 2. The van der Waals surface area contributed by atoms with Crippen LogP contribution < -0.4 is 5.32 Å². The van der Waals surface area contributed by atoms with Crippen LogP contribution in [0.3, 0.4) is 0 Å². The topological polar surface area (TPSA) is 36.9 Å². The number of nitrogens with one attached hydrogen (secondary N) is 1. The van der Waals surface area contributed by atoms with Crippen LogP contribution in [0, 0.1) is 0 Å². The molecule has 0 unspecified atom stereocenters. The Labute approximate surface area is 101 Å². The van der Waals surface area contributed by atoms with Crippen LogP contribution in [0.25, 0.3) is 0 Å². The molecule has 5 heteroatoms. The third-order valence-electron chi connectivity index (χ3n) is 3.03. The van der Waals surface area contributed by atoms with Gasteiger partial charge in [0, 0.05) is 13.6 Å². The number of ether oxygens (including phenoxy) is 1. The fraction of sp³-hybridized carbons (Fsp3) is 0.583. The second-order valence-corrected chi connectivity index (χ2v) is 4.36. The van der Waals surface area contributed by atoms with Crippen molar-refractivity contribution in [2.24, 2.45) is 5.10 Å². The number of halogens is 1. The third kappa shape index (κ3) is 2.49. The lowest BCUT2D eigenvalue weighted by atomic mass is 9.97. The second-order valence-electron chi connectivity index (χ2n) is 4.36. The van der Waals surface area contributed by atoms with E-state index in [-0.39, 0.29) is 12.1 Å². The summed E-state index contributed by atoms with van der Waals surface area (Å²) in [5.74, 6) is 0.208. The maximum atomic E-state index is 13.9. The molecule has 2 rings (SSSR count). The van der Waals surface area contributed by atoms with E-state index in [0.717, 1.165) is 18.5 Å². The van der Waals surface area contributed by atoms with E-state index >= 15 is 0 Å². The van der Waals surface area contributed by atoms with E-state index in [1.165, 1.54) is 0 Å². The van der Waals surface area contributed by atoms with Gasteiger partial charge in [0.15, 0.2) is 6.23 Å². The quantitative estimate of drug-likeness (QED) is 0.815.